The number of nitrogens with zero attached hydrogens (tertiary/aromatic N) is 1. The second-order valence-electron chi connectivity index (χ2n) is 12.7. The molecule has 0 aromatic rings. The van der Waals surface area contributed by atoms with E-state index in [2.05, 4.69) is 5.32 Å². The maximum Gasteiger partial charge on any atom is 0.174 e. The van der Waals surface area contributed by atoms with Crippen LogP contribution >= 0.6 is 0 Å². The average Bonchev–Trinajstić information content (AvgIpc) is 2.90. The van der Waals surface area contributed by atoms with Crippen LogP contribution in [0.3, 0.4) is 0 Å². The minimum absolute atomic E-state index is 0.0118. The number of rotatable bonds is 16. The molecule has 11 atom stereocenters. The highest BCUT2D eigenvalue weighted by atomic mass is 16.6. The Morgan fingerprint density at radius 1 is 1.15 bits per heavy atom. The lowest BCUT2D eigenvalue weighted by Gasteiger charge is -2.42. The van der Waals surface area contributed by atoms with Gasteiger partial charge in [0.2, 0.25) is 0 Å². The first-order chi connectivity index (χ1) is 19.2. The molecule has 11 nitrogen and oxygen atoms in total. The first kappa shape index (κ1) is 36.0. The van der Waals surface area contributed by atoms with E-state index in [1.165, 1.54) is 12.2 Å². The molecule has 0 radical (unpaired) electrons. The van der Waals surface area contributed by atoms with Crippen LogP contribution in [-0.2, 0) is 9.47 Å². The third-order valence-electron chi connectivity index (χ3n) is 8.43. The summed E-state index contributed by atoms with van der Waals surface area (Å²) in [7, 11) is 0. The van der Waals surface area contributed by atoms with Crippen molar-refractivity contribution in [1.82, 2.24) is 5.32 Å². The first-order valence-corrected chi connectivity index (χ1v) is 15.6. The molecule has 2 rings (SSSR count). The number of hydrogen-bond acceptors (Lipinski definition) is 10. The second kappa shape index (κ2) is 17.2. The molecule has 240 valence electrons. The maximum atomic E-state index is 10.6. The van der Waals surface area contributed by atoms with Crippen LogP contribution < -0.4 is 22.5 Å². The largest absolute Gasteiger partial charge is 0.392 e. The highest BCUT2D eigenvalue weighted by Gasteiger charge is 2.40. The van der Waals surface area contributed by atoms with Crippen molar-refractivity contribution in [3.63, 3.8) is 0 Å². The van der Waals surface area contributed by atoms with Crippen molar-refractivity contribution < 1.29 is 29.9 Å². The Balaban J connectivity index is 2.14. The molecule has 1 saturated heterocycles. The lowest BCUT2D eigenvalue weighted by molar-refractivity contribution is -0.133. The number of aliphatic hydroxyl groups is 4. The SMILES string of the molecule is CCCC(O)C(C)C(N)=NC1CC(N)C(CC2OC(CNCC(O)CC)CCC2N)CC1OC(O)/C=C/C(C)(C)O. The average molecular weight is 586 g/mol. The number of hydrogen-bond donors (Lipinski definition) is 8. The van der Waals surface area contributed by atoms with E-state index in [9.17, 15) is 20.4 Å². The molecule has 2 aliphatic rings. The lowest BCUT2D eigenvalue weighted by Crippen LogP contribution is -2.52. The van der Waals surface area contributed by atoms with Gasteiger partial charge < -0.3 is 52.4 Å². The van der Waals surface area contributed by atoms with Crippen molar-refractivity contribution in [3.8, 4) is 0 Å². The molecule has 11 N–H and O–H groups in total. The third kappa shape index (κ3) is 12.5. The normalized spacial score (nSPS) is 33.0. The molecular formula is C30H59N5O6. The van der Waals surface area contributed by atoms with E-state index in [4.69, 9.17) is 31.7 Å². The standard InChI is InChI=1S/C30H59N5O6/c1-6-8-25(37)18(3)29(33)35-24-15-23(32)19(14-27(24)41-28(38)11-12-30(4,5)39)13-26-22(31)10-9-21(40-26)17-34-16-20(36)7-2/h11-12,18-28,34,36-39H,6-10,13-17,31-32H2,1-5H3,(H2,33,35)/b12-11+. The van der Waals surface area contributed by atoms with Crippen LogP contribution in [0.2, 0.25) is 0 Å². The Kier molecular flexibility index (Phi) is 15.1. The number of nitrogens with one attached hydrogen (secondary N) is 1. The van der Waals surface area contributed by atoms with Crippen molar-refractivity contribution >= 4 is 5.84 Å². The Hall–Kier alpha value is -1.15. The molecule has 0 spiro atoms. The summed E-state index contributed by atoms with van der Waals surface area (Å²) < 4.78 is 12.5. The predicted octanol–water partition coefficient (Wildman–Crippen LogP) is 0.903. The van der Waals surface area contributed by atoms with Crippen LogP contribution in [0.4, 0.5) is 0 Å². The summed E-state index contributed by atoms with van der Waals surface area (Å²) in [6.07, 6.45) is 5.61. The van der Waals surface area contributed by atoms with Gasteiger partial charge in [-0.05, 0) is 70.8 Å². The minimum atomic E-state index is -1.24. The van der Waals surface area contributed by atoms with E-state index < -0.39 is 30.1 Å². The van der Waals surface area contributed by atoms with Gasteiger partial charge in [-0.15, -0.1) is 0 Å². The van der Waals surface area contributed by atoms with Gasteiger partial charge in [-0.25, -0.2) is 0 Å². The van der Waals surface area contributed by atoms with Crippen LogP contribution in [0, 0.1) is 11.8 Å². The van der Waals surface area contributed by atoms with Crippen molar-refractivity contribution in [2.45, 2.75) is 147 Å². The molecule has 1 aliphatic carbocycles. The summed E-state index contributed by atoms with van der Waals surface area (Å²) in [6, 6.07) is -0.706. The van der Waals surface area contributed by atoms with Gasteiger partial charge >= 0.3 is 0 Å². The van der Waals surface area contributed by atoms with Gasteiger partial charge in [-0.3, -0.25) is 4.99 Å². The Labute approximate surface area is 246 Å². The molecule has 1 heterocycles. The molecule has 1 aliphatic heterocycles. The zero-order valence-corrected chi connectivity index (χ0v) is 25.9. The van der Waals surface area contributed by atoms with Crippen LogP contribution in [-0.4, -0.2) is 99.9 Å². The third-order valence-corrected chi connectivity index (χ3v) is 8.43. The van der Waals surface area contributed by atoms with Crippen molar-refractivity contribution in [2.24, 2.45) is 34.0 Å². The Bertz CT molecular complexity index is 809. The number of amidine groups is 1. The van der Waals surface area contributed by atoms with E-state index >= 15 is 0 Å². The van der Waals surface area contributed by atoms with Crippen LogP contribution in [0.5, 0.6) is 0 Å². The maximum absolute atomic E-state index is 10.6. The monoisotopic (exact) mass is 585 g/mol. The van der Waals surface area contributed by atoms with Crippen LogP contribution in [0.15, 0.2) is 17.1 Å². The van der Waals surface area contributed by atoms with Crippen molar-refractivity contribution in [1.29, 1.82) is 0 Å². The van der Waals surface area contributed by atoms with E-state index in [1.54, 1.807) is 13.8 Å². The fourth-order valence-electron chi connectivity index (χ4n) is 5.62. The van der Waals surface area contributed by atoms with E-state index in [1.807, 2.05) is 20.8 Å². The summed E-state index contributed by atoms with van der Waals surface area (Å²) in [5.41, 5.74) is 18.4. The molecular weight excluding hydrogens is 526 g/mol. The van der Waals surface area contributed by atoms with Gasteiger partial charge in [0, 0.05) is 31.1 Å². The topological polar surface area (TPSA) is 202 Å². The summed E-state index contributed by atoms with van der Waals surface area (Å²) in [5.74, 6) is 0.0472. The second-order valence-corrected chi connectivity index (χ2v) is 12.7. The fraction of sp³-hybridized carbons (Fsp3) is 0.900. The zero-order valence-electron chi connectivity index (χ0n) is 25.9. The molecule has 1 saturated carbocycles. The summed E-state index contributed by atoms with van der Waals surface area (Å²) in [6.45, 7) is 10.2. The molecule has 0 aromatic heterocycles. The molecule has 0 bridgehead atoms. The Morgan fingerprint density at radius 3 is 2.49 bits per heavy atom. The summed E-state index contributed by atoms with van der Waals surface area (Å²) in [4.78, 5) is 4.76. The highest BCUT2D eigenvalue weighted by molar-refractivity contribution is 5.83. The van der Waals surface area contributed by atoms with Gasteiger partial charge in [-0.2, -0.15) is 0 Å². The fourth-order valence-corrected chi connectivity index (χ4v) is 5.62. The number of nitrogens with two attached hydrogens (primary N) is 3. The van der Waals surface area contributed by atoms with Gasteiger partial charge in [0.25, 0.3) is 0 Å². The molecule has 2 fully saturated rings. The van der Waals surface area contributed by atoms with E-state index in [0.29, 0.717) is 51.0 Å². The molecule has 11 unspecified atom stereocenters. The zero-order chi connectivity index (χ0) is 30.7. The van der Waals surface area contributed by atoms with Crippen LogP contribution in [0.1, 0.15) is 86.0 Å². The highest BCUT2D eigenvalue weighted by Crippen LogP contribution is 2.35. The van der Waals surface area contributed by atoms with Crippen molar-refractivity contribution in [3.05, 3.63) is 12.2 Å². The molecule has 0 aromatic carbocycles. The Morgan fingerprint density at radius 2 is 1.85 bits per heavy atom. The van der Waals surface area contributed by atoms with Gasteiger partial charge in [-0.1, -0.05) is 33.3 Å². The van der Waals surface area contributed by atoms with E-state index in [0.717, 1.165) is 19.3 Å². The molecule has 41 heavy (non-hydrogen) atoms. The van der Waals surface area contributed by atoms with Crippen LogP contribution in [0.25, 0.3) is 0 Å². The van der Waals surface area contributed by atoms with Gasteiger partial charge in [0.05, 0.1) is 48.0 Å². The number of aliphatic hydroxyl groups excluding tert-OH is 3. The number of ether oxygens (including phenoxy) is 2. The quantitative estimate of drug-likeness (QED) is 0.0557. The number of aliphatic imine (C=N–C) groups is 1. The summed E-state index contributed by atoms with van der Waals surface area (Å²) >= 11 is 0. The smallest absolute Gasteiger partial charge is 0.174 e. The van der Waals surface area contributed by atoms with Crippen molar-refractivity contribution in [2.75, 3.05) is 13.1 Å². The summed E-state index contributed by atoms with van der Waals surface area (Å²) in [5, 5.41) is 44.2. The predicted molar refractivity (Wildman–Crippen MR) is 162 cm³/mol. The molecule has 0 amide bonds. The van der Waals surface area contributed by atoms with E-state index in [-0.39, 0.29) is 42.2 Å². The minimum Gasteiger partial charge on any atom is -0.392 e. The lowest BCUT2D eigenvalue weighted by atomic mass is 9.76. The van der Waals surface area contributed by atoms with Gasteiger partial charge in [0.1, 0.15) is 0 Å². The first-order valence-electron chi connectivity index (χ1n) is 15.6. The van der Waals surface area contributed by atoms with Gasteiger partial charge in [0.15, 0.2) is 6.29 Å². The molecule has 11 heteroatoms.